The molecule has 0 N–H and O–H groups in total. The van der Waals surface area contributed by atoms with Crippen molar-refractivity contribution < 1.29 is 19.7 Å². The standard InChI is InChI=1S/C8H18O.CH2O3.Ca/c1-3-5-7-9-8-6-4-2;2-1(3)4;/h3-8H2,1-2H3;(H2,2,3,4);/q;;+2/p-2. The third kappa shape index (κ3) is 39.1. The molecule has 0 aromatic carbocycles. The molecule has 4 nitrogen and oxygen atoms in total. The summed E-state index contributed by atoms with van der Waals surface area (Å²) in [6, 6.07) is 0. The van der Waals surface area contributed by atoms with E-state index in [2.05, 4.69) is 13.8 Å². The van der Waals surface area contributed by atoms with Gasteiger partial charge in [-0.3, -0.25) is 0 Å². The molecule has 0 aliphatic carbocycles. The molecule has 0 spiro atoms. The summed E-state index contributed by atoms with van der Waals surface area (Å²) in [5.74, 6) is 0. The van der Waals surface area contributed by atoms with Crippen molar-refractivity contribution in [3.8, 4) is 0 Å². The summed E-state index contributed by atoms with van der Waals surface area (Å²) in [6.45, 7) is 6.28. The SMILES string of the molecule is CCCCOCCCC.O=C([O-])[O-].[Ca+2]. The van der Waals surface area contributed by atoms with Gasteiger partial charge in [0.1, 0.15) is 0 Å². The van der Waals surface area contributed by atoms with Crippen LogP contribution < -0.4 is 10.2 Å². The first-order valence-corrected chi connectivity index (χ1v) is 4.60. The van der Waals surface area contributed by atoms with Crippen molar-refractivity contribution in [2.24, 2.45) is 0 Å². The van der Waals surface area contributed by atoms with Crippen molar-refractivity contribution >= 4 is 43.9 Å². The zero-order valence-electron chi connectivity index (χ0n) is 9.08. The van der Waals surface area contributed by atoms with Gasteiger partial charge >= 0.3 is 37.7 Å². The molecule has 0 atom stereocenters. The minimum Gasteiger partial charge on any atom is -0.652 e. The van der Waals surface area contributed by atoms with Crippen molar-refractivity contribution in [3.05, 3.63) is 0 Å². The van der Waals surface area contributed by atoms with Crippen LogP contribution in [0.1, 0.15) is 39.5 Å². The molecule has 0 amide bonds. The minimum atomic E-state index is -2.33. The summed E-state index contributed by atoms with van der Waals surface area (Å²) < 4.78 is 5.31. The second-order valence-electron chi connectivity index (χ2n) is 2.57. The number of hydrogen-bond acceptors (Lipinski definition) is 4. The molecule has 0 bridgehead atoms. The average Bonchev–Trinajstić information content (AvgIpc) is 2.03. The van der Waals surface area contributed by atoms with Crippen molar-refractivity contribution in [3.63, 3.8) is 0 Å². The Morgan fingerprint density at radius 1 is 1.07 bits per heavy atom. The molecular weight excluding hydrogens is 212 g/mol. The van der Waals surface area contributed by atoms with Gasteiger partial charge in [-0.05, 0) is 19.0 Å². The molecule has 0 fully saturated rings. The fourth-order valence-corrected chi connectivity index (χ4v) is 0.595. The average molecular weight is 230 g/mol. The van der Waals surface area contributed by atoms with Crippen LogP contribution in [0.15, 0.2) is 0 Å². The maximum atomic E-state index is 8.33. The molecule has 0 unspecified atom stereocenters. The Labute approximate surface area is 116 Å². The summed E-state index contributed by atoms with van der Waals surface area (Å²) in [7, 11) is 0. The Morgan fingerprint density at radius 2 is 1.36 bits per heavy atom. The Morgan fingerprint density at radius 3 is 1.57 bits per heavy atom. The Kier molecular flexibility index (Phi) is 27.3. The normalized spacial score (nSPS) is 8.14. The molecule has 0 aromatic rings. The van der Waals surface area contributed by atoms with Crippen LogP contribution in [0.3, 0.4) is 0 Å². The molecule has 0 radical (unpaired) electrons. The molecule has 0 aliphatic rings. The second-order valence-corrected chi connectivity index (χ2v) is 2.57. The summed E-state index contributed by atoms with van der Waals surface area (Å²) >= 11 is 0. The van der Waals surface area contributed by atoms with E-state index in [0.717, 1.165) is 13.2 Å². The number of carbonyl (C=O) groups excluding carboxylic acids is 1. The molecule has 0 aliphatic heterocycles. The predicted octanol–water partition coefficient (Wildman–Crippen LogP) is -0.225. The minimum absolute atomic E-state index is 0. The summed E-state index contributed by atoms with van der Waals surface area (Å²) in [6.07, 6.45) is 2.58. The van der Waals surface area contributed by atoms with Crippen LogP contribution in [0.2, 0.25) is 0 Å². The van der Waals surface area contributed by atoms with Gasteiger partial charge in [0.25, 0.3) is 0 Å². The first-order valence-electron chi connectivity index (χ1n) is 4.60. The molecule has 0 aromatic heterocycles. The number of hydrogen-bond donors (Lipinski definition) is 0. The fraction of sp³-hybridized carbons (Fsp3) is 0.889. The second kappa shape index (κ2) is 19.1. The molecular formula is C9H18CaO4. The van der Waals surface area contributed by atoms with Gasteiger partial charge in [0.15, 0.2) is 0 Å². The Bertz CT molecular complexity index is 99.0. The molecule has 0 heterocycles. The number of rotatable bonds is 6. The van der Waals surface area contributed by atoms with Gasteiger partial charge in [0.2, 0.25) is 0 Å². The van der Waals surface area contributed by atoms with Gasteiger partial charge in [-0.2, -0.15) is 0 Å². The zero-order valence-corrected chi connectivity index (χ0v) is 11.3. The summed E-state index contributed by atoms with van der Waals surface area (Å²) in [5, 5.41) is 16.7. The van der Waals surface area contributed by atoms with E-state index >= 15 is 0 Å². The molecule has 14 heavy (non-hydrogen) atoms. The zero-order chi connectivity index (χ0) is 10.5. The first kappa shape index (κ1) is 20.0. The third-order valence-corrected chi connectivity index (χ3v) is 1.28. The molecule has 5 heteroatoms. The van der Waals surface area contributed by atoms with Crippen LogP contribution in [0.4, 0.5) is 4.79 Å². The van der Waals surface area contributed by atoms with E-state index in [9.17, 15) is 0 Å². The van der Waals surface area contributed by atoms with E-state index in [4.69, 9.17) is 19.7 Å². The number of unbranched alkanes of at least 4 members (excludes halogenated alkanes) is 2. The fourth-order valence-electron chi connectivity index (χ4n) is 0.595. The van der Waals surface area contributed by atoms with Crippen LogP contribution in [-0.4, -0.2) is 57.1 Å². The van der Waals surface area contributed by atoms with Crippen LogP contribution in [-0.2, 0) is 4.74 Å². The third-order valence-electron chi connectivity index (χ3n) is 1.28. The first-order chi connectivity index (χ1) is 6.15. The van der Waals surface area contributed by atoms with E-state index in [0.29, 0.717) is 0 Å². The van der Waals surface area contributed by atoms with Crippen molar-refractivity contribution in [1.29, 1.82) is 0 Å². The van der Waals surface area contributed by atoms with Gasteiger partial charge < -0.3 is 19.7 Å². The van der Waals surface area contributed by atoms with E-state index in [1.807, 2.05) is 0 Å². The Balaban J connectivity index is -0.000000209. The Hall–Kier alpha value is 0.490. The number of carboxylic acid groups (broad SMARTS) is 2. The van der Waals surface area contributed by atoms with Crippen LogP contribution in [0.25, 0.3) is 0 Å². The van der Waals surface area contributed by atoms with Crippen molar-refractivity contribution in [1.82, 2.24) is 0 Å². The number of carbonyl (C=O) groups is 1. The van der Waals surface area contributed by atoms with E-state index in [1.54, 1.807) is 0 Å². The van der Waals surface area contributed by atoms with E-state index in [-0.39, 0.29) is 37.7 Å². The monoisotopic (exact) mass is 230 g/mol. The quantitative estimate of drug-likeness (QED) is 0.467. The van der Waals surface area contributed by atoms with E-state index in [1.165, 1.54) is 25.7 Å². The molecule has 80 valence electrons. The van der Waals surface area contributed by atoms with Crippen LogP contribution >= 0.6 is 0 Å². The maximum absolute atomic E-state index is 8.33. The van der Waals surface area contributed by atoms with Crippen molar-refractivity contribution in [2.45, 2.75) is 39.5 Å². The van der Waals surface area contributed by atoms with Gasteiger partial charge in [0, 0.05) is 13.2 Å². The summed E-state index contributed by atoms with van der Waals surface area (Å²) in [5.41, 5.74) is 0. The molecule has 0 saturated heterocycles. The van der Waals surface area contributed by atoms with Crippen LogP contribution in [0, 0.1) is 0 Å². The van der Waals surface area contributed by atoms with Gasteiger partial charge in [-0.15, -0.1) is 0 Å². The topological polar surface area (TPSA) is 72.4 Å². The molecule has 0 rings (SSSR count). The van der Waals surface area contributed by atoms with Crippen LogP contribution in [0.5, 0.6) is 0 Å². The summed E-state index contributed by atoms with van der Waals surface area (Å²) in [4.78, 5) is 8.33. The largest absolute Gasteiger partial charge is 2.00 e. The van der Waals surface area contributed by atoms with E-state index < -0.39 is 6.16 Å². The van der Waals surface area contributed by atoms with Gasteiger partial charge in [-0.25, -0.2) is 0 Å². The molecule has 0 saturated carbocycles. The smallest absolute Gasteiger partial charge is 0.652 e. The number of ether oxygens (including phenoxy) is 1. The maximum Gasteiger partial charge on any atom is 2.00 e. The van der Waals surface area contributed by atoms with Crippen molar-refractivity contribution in [2.75, 3.05) is 13.2 Å². The predicted molar refractivity (Wildman–Crippen MR) is 51.8 cm³/mol. The van der Waals surface area contributed by atoms with Gasteiger partial charge in [-0.1, -0.05) is 26.7 Å². The van der Waals surface area contributed by atoms with Gasteiger partial charge in [0.05, 0.1) is 0 Å².